The molecule has 3 nitrogen and oxygen atoms in total. The Balaban J connectivity index is 0.00000146. The number of pyridine rings is 1. The quantitative estimate of drug-likeness (QED) is 0.790. The molecule has 6 rings (SSSR count). The van der Waals surface area contributed by atoms with Gasteiger partial charge in [0.25, 0.3) is 5.56 Å². The second-order valence-electron chi connectivity index (χ2n) is 7.62. The van der Waals surface area contributed by atoms with E-state index in [1.54, 1.807) is 0 Å². The zero-order valence-corrected chi connectivity index (χ0v) is 14.9. The lowest BCUT2D eigenvalue weighted by Crippen LogP contribution is -2.50. The molecule has 4 aliphatic rings. The molecule has 1 aliphatic carbocycles. The van der Waals surface area contributed by atoms with E-state index >= 15 is 0 Å². The second-order valence-corrected chi connectivity index (χ2v) is 7.62. The number of piperidine rings is 3. The van der Waals surface area contributed by atoms with Gasteiger partial charge in [0, 0.05) is 18.1 Å². The van der Waals surface area contributed by atoms with Crippen molar-refractivity contribution in [3.63, 3.8) is 0 Å². The number of benzene rings is 1. The summed E-state index contributed by atoms with van der Waals surface area (Å²) in [6.07, 6.45) is 9.45. The third-order valence-electron chi connectivity index (χ3n) is 6.35. The molecule has 0 spiro atoms. The summed E-state index contributed by atoms with van der Waals surface area (Å²) >= 11 is 0. The Kier molecular flexibility index (Phi) is 4.17. The van der Waals surface area contributed by atoms with Crippen molar-refractivity contribution in [2.45, 2.75) is 44.6 Å². The summed E-state index contributed by atoms with van der Waals surface area (Å²) < 4.78 is 2.11. The zero-order chi connectivity index (χ0) is 15.4. The molecule has 0 amide bonds. The van der Waals surface area contributed by atoms with Gasteiger partial charge in [-0.15, -0.1) is 12.4 Å². The number of halogens is 1. The zero-order valence-electron chi connectivity index (χ0n) is 14.0. The van der Waals surface area contributed by atoms with Crippen molar-refractivity contribution in [2.75, 3.05) is 19.6 Å². The molecular formula is C20H25ClN2O. The van der Waals surface area contributed by atoms with Crippen LogP contribution in [-0.4, -0.2) is 29.1 Å². The number of hydrogen-bond donors (Lipinski definition) is 0. The van der Waals surface area contributed by atoms with E-state index in [1.807, 2.05) is 6.07 Å². The Hall–Kier alpha value is -1.32. The molecule has 3 fully saturated rings. The van der Waals surface area contributed by atoms with Crippen molar-refractivity contribution in [3.05, 3.63) is 45.9 Å². The van der Waals surface area contributed by atoms with Crippen LogP contribution in [0.5, 0.6) is 0 Å². The normalized spacial score (nSPS) is 28.4. The van der Waals surface area contributed by atoms with Gasteiger partial charge in [0.15, 0.2) is 0 Å². The van der Waals surface area contributed by atoms with E-state index in [9.17, 15) is 4.79 Å². The molecule has 1 aromatic carbocycles. The van der Waals surface area contributed by atoms with Gasteiger partial charge in [-0.3, -0.25) is 4.79 Å². The first-order valence-electron chi connectivity index (χ1n) is 9.19. The van der Waals surface area contributed by atoms with Crippen LogP contribution in [0.1, 0.15) is 42.9 Å². The summed E-state index contributed by atoms with van der Waals surface area (Å²) in [5, 5.41) is 2.23. The van der Waals surface area contributed by atoms with Crippen LogP contribution in [0.25, 0.3) is 10.8 Å². The average molecular weight is 345 g/mol. The summed E-state index contributed by atoms with van der Waals surface area (Å²) in [6, 6.07) is 6.73. The van der Waals surface area contributed by atoms with Crippen molar-refractivity contribution < 1.29 is 0 Å². The van der Waals surface area contributed by atoms with E-state index in [0.717, 1.165) is 24.8 Å². The number of fused-ring (bicyclic) bond motifs is 3. The van der Waals surface area contributed by atoms with Gasteiger partial charge >= 0.3 is 0 Å². The highest BCUT2D eigenvalue weighted by atomic mass is 35.5. The minimum absolute atomic E-state index is 0. The summed E-state index contributed by atoms with van der Waals surface area (Å²) in [6.45, 7) is 3.51. The summed E-state index contributed by atoms with van der Waals surface area (Å²) in [7, 11) is 0. The number of aromatic nitrogens is 1. The van der Waals surface area contributed by atoms with Crippen molar-refractivity contribution >= 4 is 23.2 Å². The first kappa shape index (κ1) is 16.2. The summed E-state index contributed by atoms with van der Waals surface area (Å²) in [5.41, 5.74) is 3.03. The highest BCUT2D eigenvalue weighted by Gasteiger charge is 2.36. The van der Waals surface area contributed by atoms with Gasteiger partial charge < -0.3 is 9.47 Å². The van der Waals surface area contributed by atoms with Gasteiger partial charge in [-0.2, -0.15) is 0 Å². The lowest BCUT2D eigenvalue weighted by Gasteiger charge is -2.45. The van der Waals surface area contributed by atoms with Gasteiger partial charge in [0.2, 0.25) is 0 Å². The molecular weight excluding hydrogens is 320 g/mol. The highest BCUT2D eigenvalue weighted by molar-refractivity contribution is 5.88. The maximum Gasteiger partial charge on any atom is 0.258 e. The molecule has 0 N–H and O–H groups in total. The van der Waals surface area contributed by atoms with E-state index in [-0.39, 0.29) is 18.0 Å². The van der Waals surface area contributed by atoms with Gasteiger partial charge in [-0.1, -0.05) is 12.1 Å². The number of hydrogen-bond acceptors (Lipinski definition) is 2. The van der Waals surface area contributed by atoms with Crippen molar-refractivity contribution in [1.29, 1.82) is 0 Å². The van der Waals surface area contributed by atoms with Crippen molar-refractivity contribution in [3.8, 4) is 0 Å². The molecule has 1 atom stereocenters. The lowest BCUT2D eigenvalue weighted by molar-refractivity contribution is 0.0555. The van der Waals surface area contributed by atoms with Crippen LogP contribution in [0.3, 0.4) is 0 Å². The van der Waals surface area contributed by atoms with E-state index in [1.165, 1.54) is 55.3 Å². The van der Waals surface area contributed by atoms with Gasteiger partial charge in [0.1, 0.15) is 0 Å². The van der Waals surface area contributed by atoms with Gasteiger partial charge in [-0.05, 0) is 80.1 Å². The number of aryl methyl sites for hydroxylation is 2. The molecule has 0 radical (unpaired) electrons. The number of nitrogens with zero attached hydrogens (tertiary/aromatic N) is 2. The highest BCUT2D eigenvalue weighted by Crippen LogP contribution is 2.36. The fourth-order valence-corrected chi connectivity index (χ4v) is 5.11. The lowest BCUT2D eigenvalue weighted by atomic mass is 9.83. The molecule has 2 bridgehead atoms. The van der Waals surface area contributed by atoms with E-state index in [4.69, 9.17) is 0 Å². The SMILES string of the molecule is Cl.O=c1c2cccc3c2c(cn1[C@@H]1CN2CCC1CC2)CCCC3. The third kappa shape index (κ3) is 2.41. The minimum Gasteiger partial charge on any atom is -0.310 e. The predicted octanol–water partition coefficient (Wildman–Crippen LogP) is 3.57. The smallest absolute Gasteiger partial charge is 0.258 e. The van der Waals surface area contributed by atoms with E-state index < -0.39 is 0 Å². The predicted molar refractivity (Wildman–Crippen MR) is 100 cm³/mol. The maximum atomic E-state index is 13.2. The molecule has 4 heteroatoms. The second kappa shape index (κ2) is 6.20. The van der Waals surface area contributed by atoms with E-state index in [2.05, 4.69) is 27.8 Å². The fraction of sp³-hybridized carbons (Fsp3) is 0.550. The molecule has 0 saturated carbocycles. The van der Waals surface area contributed by atoms with Crippen molar-refractivity contribution in [2.24, 2.45) is 5.92 Å². The Morgan fingerprint density at radius 1 is 1.00 bits per heavy atom. The van der Waals surface area contributed by atoms with Crippen LogP contribution in [-0.2, 0) is 12.8 Å². The van der Waals surface area contributed by atoms with Gasteiger partial charge in [-0.25, -0.2) is 0 Å². The van der Waals surface area contributed by atoms with Gasteiger partial charge in [0.05, 0.1) is 6.04 Å². The standard InChI is InChI=1S/C20H24N2O.ClH/c23-20-17-7-3-6-15-4-1-2-5-16(19(15)17)12-22(20)18-13-21-10-8-14(18)9-11-21;/h3,6-7,12,14,18H,1-2,4-5,8-11,13H2;1H/t18-;/m1./s1. The van der Waals surface area contributed by atoms with E-state index in [0.29, 0.717) is 12.0 Å². The Morgan fingerprint density at radius 3 is 2.46 bits per heavy atom. The first-order valence-corrected chi connectivity index (χ1v) is 9.19. The number of rotatable bonds is 1. The third-order valence-corrected chi connectivity index (χ3v) is 6.35. The first-order chi connectivity index (χ1) is 11.3. The van der Waals surface area contributed by atoms with Crippen molar-refractivity contribution in [1.82, 2.24) is 9.47 Å². The Labute approximate surface area is 149 Å². The topological polar surface area (TPSA) is 25.2 Å². The maximum absolute atomic E-state index is 13.2. The molecule has 2 aromatic rings. The molecule has 128 valence electrons. The summed E-state index contributed by atoms with van der Waals surface area (Å²) in [5.74, 6) is 0.691. The minimum atomic E-state index is 0. The molecule has 1 aromatic heterocycles. The van der Waals surface area contributed by atoms with Crippen LogP contribution >= 0.6 is 12.4 Å². The molecule has 0 unspecified atom stereocenters. The summed E-state index contributed by atoms with van der Waals surface area (Å²) in [4.78, 5) is 15.7. The Bertz CT molecular complexity index is 820. The average Bonchev–Trinajstić information content (AvgIpc) is 2.82. The monoisotopic (exact) mass is 344 g/mol. The largest absolute Gasteiger partial charge is 0.310 e. The fourth-order valence-electron chi connectivity index (χ4n) is 5.11. The molecule has 3 aliphatic heterocycles. The van der Waals surface area contributed by atoms with Crippen LogP contribution in [0.2, 0.25) is 0 Å². The van der Waals surface area contributed by atoms with Crippen LogP contribution in [0, 0.1) is 5.92 Å². The van der Waals surface area contributed by atoms with Crippen LogP contribution < -0.4 is 5.56 Å². The van der Waals surface area contributed by atoms with Crippen LogP contribution in [0.4, 0.5) is 0 Å². The Morgan fingerprint density at radius 2 is 1.75 bits per heavy atom. The molecule has 4 heterocycles. The molecule has 3 saturated heterocycles. The van der Waals surface area contributed by atoms with Crippen LogP contribution in [0.15, 0.2) is 29.2 Å². The molecule has 24 heavy (non-hydrogen) atoms.